The van der Waals surface area contributed by atoms with Gasteiger partial charge in [-0.2, -0.15) is 0 Å². The summed E-state index contributed by atoms with van der Waals surface area (Å²) in [5.74, 6) is 0.720. The SMILES string of the molecule is COc1ccccc1OCC(=O)Nc1ccccc1NC(=O)N1CCCC1. The van der Waals surface area contributed by atoms with E-state index in [1.165, 1.54) is 0 Å². The van der Waals surface area contributed by atoms with Gasteiger partial charge in [-0.25, -0.2) is 4.79 Å². The summed E-state index contributed by atoms with van der Waals surface area (Å²) in [5.41, 5.74) is 1.08. The van der Waals surface area contributed by atoms with Crippen molar-refractivity contribution in [2.75, 3.05) is 37.4 Å². The number of anilines is 2. The highest BCUT2D eigenvalue weighted by atomic mass is 16.5. The minimum atomic E-state index is -0.330. The third kappa shape index (κ3) is 4.91. The highest BCUT2D eigenvalue weighted by Crippen LogP contribution is 2.26. The molecule has 1 heterocycles. The summed E-state index contributed by atoms with van der Waals surface area (Å²) < 4.78 is 10.7. The van der Waals surface area contributed by atoms with E-state index in [2.05, 4.69) is 10.6 Å². The summed E-state index contributed by atoms with van der Waals surface area (Å²) in [5, 5.41) is 5.64. The first kappa shape index (κ1) is 18.6. The number of hydrogen-bond donors (Lipinski definition) is 2. The molecule has 2 aromatic rings. The number of para-hydroxylation sites is 4. The highest BCUT2D eigenvalue weighted by Gasteiger charge is 2.19. The van der Waals surface area contributed by atoms with Crippen molar-refractivity contribution in [2.24, 2.45) is 0 Å². The average molecular weight is 369 g/mol. The number of rotatable bonds is 6. The zero-order valence-electron chi connectivity index (χ0n) is 15.2. The molecule has 1 aliphatic rings. The third-order valence-electron chi connectivity index (χ3n) is 4.26. The normalized spacial score (nSPS) is 13.1. The molecule has 3 amide bonds. The number of amides is 3. The molecule has 0 bridgehead atoms. The number of urea groups is 1. The van der Waals surface area contributed by atoms with Gasteiger partial charge in [0.05, 0.1) is 18.5 Å². The lowest BCUT2D eigenvalue weighted by Gasteiger charge is -2.18. The van der Waals surface area contributed by atoms with Gasteiger partial charge in [0.1, 0.15) is 0 Å². The van der Waals surface area contributed by atoms with Gasteiger partial charge in [0.15, 0.2) is 18.1 Å². The lowest BCUT2D eigenvalue weighted by atomic mass is 10.2. The van der Waals surface area contributed by atoms with Gasteiger partial charge in [0.2, 0.25) is 0 Å². The maximum atomic E-state index is 12.3. The lowest BCUT2D eigenvalue weighted by molar-refractivity contribution is -0.118. The summed E-state index contributed by atoms with van der Waals surface area (Å²) in [6.07, 6.45) is 2.04. The van der Waals surface area contributed by atoms with Crippen LogP contribution in [0.5, 0.6) is 11.5 Å². The minimum absolute atomic E-state index is 0.153. The molecule has 1 aliphatic heterocycles. The number of nitrogens with zero attached hydrogens (tertiary/aromatic N) is 1. The van der Waals surface area contributed by atoms with E-state index in [0.717, 1.165) is 25.9 Å². The summed E-state index contributed by atoms with van der Waals surface area (Å²) in [6.45, 7) is 1.34. The highest BCUT2D eigenvalue weighted by molar-refractivity contribution is 5.99. The molecule has 0 spiro atoms. The Labute approximate surface area is 158 Å². The van der Waals surface area contributed by atoms with E-state index in [1.54, 1.807) is 54.5 Å². The van der Waals surface area contributed by atoms with Gasteiger partial charge in [-0.3, -0.25) is 4.79 Å². The van der Waals surface area contributed by atoms with Crippen LogP contribution in [0.2, 0.25) is 0 Å². The maximum Gasteiger partial charge on any atom is 0.321 e. The second-order valence-electron chi connectivity index (χ2n) is 6.16. The van der Waals surface area contributed by atoms with Gasteiger partial charge in [0, 0.05) is 13.1 Å². The summed E-state index contributed by atoms with van der Waals surface area (Å²) in [6, 6.07) is 14.1. The van der Waals surface area contributed by atoms with Gasteiger partial charge < -0.3 is 25.0 Å². The second-order valence-corrected chi connectivity index (χ2v) is 6.16. The van der Waals surface area contributed by atoms with Crippen molar-refractivity contribution in [1.29, 1.82) is 0 Å². The zero-order valence-corrected chi connectivity index (χ0v) is 15.2. The Morgan fingerprint density at radius 3 is 2.19 bits per heavy atom. The summed E-state index contributed by atoms with van der Waals surface area (Å²) in [7, 11) is 1.54. The Kier molecular flexibility index (Phi) is 6.14. The monoisotopic (exact) mass is 369 g/mol. The Bertz CT molecular complexity index is 803. The molecule has 7 nitrogen and oxygen atoms in total. The molecule has 1 fully saturated rings. The van der Waals surface area contributed by atoms with Crippen LogP contribution in [-0.2, 0) is 4.79 Å². The van der Waals surface area contributed by atoms with Crippen LogP contribution in [-0.4, -0.2) is 43.6 Å². The topological polar surface area (TPSA) is 79.9 Å². The predicted octanol–water partition coefficient (Wildman–Crippen LogP) is 3.34. The fraction of sp³-hybridized carbons (Fsp3) is 0.300. The van der Waals surface area contributed by atoms with Gasteiger partial charge in [-0.1, -0.05) is 24.3 Å². The molecule has 27 heavy (non-hydrogen) atoms. The number of ether oxygens (including phenoxy) is 2. The van der Waals surface area contributed by atoms with Crippen LogP contribution in [0, 0.1) is 0 Å². The van der Waals surface area contributed by atoms with Crippen molar-refractivity contribution in [3.8, 4) is 11.5 Å². The van der Waals surface area contributed by atoms with Crippen molar-refractivity contribution in [2.45, 2.75) is 12.8 Å². The fourth-order valence-electron chi connectivity index (χ4n) is 2.88. The van der Waals surface area contributed by atoms with E-state index in [0.29, 0.717) is 22.9 Å². The van der Waals surface area contributed by atoms with E-state index < -0.39 is 0 Å². The number of nitrogens with one attached hydrogen (secondary N) is 2. The van der Waals surface area contributed by atoms with Gasteiger partial charge in [-0.05, 0) is 37.1 Å². The number of carbonyl (C=O) groups is 2. The van der Waals surface area contributed by atoms with Gasteiger partial charge in [-0.15, -0.1) is 0 Å². The van der Waals surface area contributed by atoms with Crippen molar-refractivity contribution in [3.05, 3.63) is 48.5 Å². The Hall–Kier alpha value is -3.22. The van der Waals surface area contributed by atoms with Crippen molar-refractivity contribution < 1.29 is 19.1 Å². The Morgan fingerprint density at radius 2 is 1.52 bits per heavy atom. The first-order valence-corrected chi connectivity index (χ1v) is 8.88. The molecule has 3 rings (SSSR count). The largest absolute Gasteiger partial charge is 0.493 e. The standard InChI is InChI=1S/C20H23N3O4/c1-26-17-10-4-5-11-18(17)27-14-19(24)21-15-8-2-3-9-16(15)22-20(25)23-12-6-7-13-23/h2-5,8-11H,6-7,12-14H2,1H3,(H,21,24)(H,22,25). The van der Waals surface area contributed by atoms with Crippen molar-refractivity contribution in [1.82, 2.24) is 4.90 Å². The predicted molar refractivity (Wildman–Crippen MR) is 103 cm³/mol. The van der Waals surface area contributed by atoms with Crippen LogP contribution in [0.15, 0.2) is 48.5 Å². The Balaban J connectivity index is 1.60. The maximum absolute atomic E-state index is 12.3. The smallest absolute Gasteiger partial charge is 0.321 e. The van der Waals surface area contributed by atoms with E-state index in [-0.39, 0.29) is 18.5 Å². The molecule has 0 saturated carbocycles. The lowest BCUT2D eigenvalue weighted by Crippen LogP contribution is -2.32. The fourth-order valence-corrected chi connectivity index (χ4v) is 2.88. The van der Waals surface area contributed by atoms with E-state index in [4.69, 9.17) is 9.47 Å². The van der Waals surface area contributed by atoms with Crippen LogP contribution >= 0.6 is 0 Å². The van der Waals surface area contributed by atoms with Crippen LogP contribution in [0.3, 0.4) is 0 Å². The number of likely N-dealkylation sites (tertiary alicyclic amines) is 1. The van der Waals surface area contributed by atoms with Crippen LogP contribution in [0.4, 0.5) is 16.2 Å². The molecule has 0 aliphatic carbocycles. The molecular formula is C20H23N3O4. The molecule has 0 atom stereocenters. The number of methoxy groups -OCH3 is 1. The first-order chi connectivity index (χ1) is 13.2. The zero-order chi connectivity index (χ0) is 19.1. The molecule has 2 aromatic carbocycles. The molecule has 0 unspecified atom stereocenters. The molecule has 7 heteroatoms. The second kappa shape index (κ2) is 8.93. The number of carbonyl (C=O) groups excluding carboxylic acids is 2. The average Bonchev–Trinajstić information content (AvgIpc) is 3.23. The molecule has 1 saturated heterocycles. The van der Waals surface area contributed by atoms with Crippen molar-refractivity contribution in [3.63, 3.8) is 0 Å². The summed E-state index contributed by atoms with van der Waals surface area (Å²) >= 11 is 0. The van der Waals surface area contributed by atoms with E-state index in [9.17, 15) is 9.59 Å². The third-order valence-corrected chi connectivity index (χ3v) is 4.26. The van der Waals surface area contributed by atoms with E-state index in [1.807, 2.05) is 6.07 Å². The van der Waals surface area contributed by atoms with E-state index >= 15 is 0 Å². The molecule has 0 aromatic heterocycles. The summed E-state index contributed by atoms with van der Waals surface area (Å²) in [4.78, 5) is 26.3. The minimum Gasteiger partial charge on any atom is -0.493 e. The van der Waals surface area contributed by atoms with Crippen LogP contribution in [0.1, 0.15) is 12.8 Å². The van der Waals surface area contributed by atoms with Crippen LogP contribution < -0.4 is 20.1 Å². The quantitative estimate of drug-likeness (QED) is 0.818. The van der Waals surface area contributed by atoms with Gasteiger partial charge in [0.25, 0.3) is 5.91 Å². The van der Waals surface area contributed by atoms with Crippen LogP contribution in [0.25, 0.3) is 0 Å². The van der Waals surface area contributed by atoms with Crippen molar-refractivity contribution >= 4 is 23.3 Å². The molecule has 2 N–H and O–H groups in total. The van der Waals surface area contributed by atoms with Gasteiger partial charge >= 0.3 is 6.03 Å². The molecule has 142 valence electrons. The molecular weight excluding hydrogens is 346 g/mol. The Morgan fingerprint density at radius 1 is 0.926 bits per heavy atom. The number of benzene rings is 2. The number of hydrogen-bond acceptors (Lipinski definition) is 4. The molecule has 0 radical (unpaired) electrons. The first-order valence-electron chi connectivity index (χ1n) is 8.88.